The number of thiocarbonyl (C=S) groups is 1. The molecule has 1 amide bonds. The summed E-state index contributed by atoms with van der Waals surface area (Å²) in [7, 11) is 0. The summed E-state index contributed by atoms with van der Waals surface area (Å²) < 4.78 is 1.61. The van der Waals surface area contributed by atoms with Crippen LogP contribution >= 0.6 is 44.1 Å². The van der Waals surface area contributed by atoms with Gasteiger partial charge in [0.25, 0.3) is 5.91 Å². The van der Waals surface area contributed by atoms with E-state index in [-0.39, 0.29) is 10.9 Å². The SMILES string of the molecule is CC(C)(NC(=O)c1ccc(Br)cc1Br)C(N)=S. The summed E-state index contributed by atoms with van der Waals surface area (Å²) in [6.07, 6.45) is 0. The van der Waals surface area contributed by atoms with Crippen molar-refractivity contribution in [2.45, 2.75) is 19.4 Å². The number of amides is 1. The van der Waals surface area contributed by atoms with E-state index in [1.807, 2.05) is 6.07 Å². The van der Waals surface area contributed by atoms with Gasteiger partial charge in [-0.1, -0.05) is 28.1 Å². The van der Waals surface area contributed by atoms with E-state index in [0.29, 0.717) is 10.0 Å². The van der Waals surface area contributed by atoms with E-state index in [1.165, 1.54) is 0 Å². The highest BCUT2D eigenvalue weighted by atomic mass is 79.9. The number of nitrogens with one attached hydrogen (secondary N) is 1. The third kappa shape index (κ3) is 3.76. The molecule has 0 aliphatic heterocycles. The van der Waals surface area contributed by atoms with Crippen molar-refractivity contribution in [3.05, 3.63) is 32.7 Å². The third-order valence-corrected chi connectivity index (χ3v) is 3.88. The van der Waals surface area contributed by atoms with Crippen molar-refractivity contribution >= 4 is 55.0 Å². The van der Waals surface area contributed by atoms with Crippen LogP contribution in [-0.4, -0.2) is 16.4 Å². The zero-order valence-corrected chi connectivity index (χ0v) is 13.4. The third-order valence-electron chi connectivity index (χ3n) is 2.22. The molecule has 1 aromatic carbocycles. The molecule has 0 saturated carbocycles. The number of benzene rings is 1. The fourth-order valence-electron chi connectivity index (χ4n) is 1.09. The first-order valence-electron chi connectivity index (χ1n) is 4.81. The molecule has 0 fully saturated rings. The van der Waals surface area contributed by atoms with Gasteiger partial charge in [-0.15, -0.1) is 0 Å². The summed E-state index contributed by atoms with van der Waals surface area (Å²) in [6, 6.07) is 5.33. The number of hydrogen-bond acceptors (Lipinski definition) is 2. The van der Waals surface area contributed by atoms with E-state index >= 15 is 0 Å². The van der Waals surface area contributed by atoms with Crippen LogP contribution < -0.4 is 11.1 Å². The van der Waals surface area contributed by atoms with Crippen LogP contribution in [0.25, 0.3) is 0 Å². The van der Waals surface area contributed by atoms with Gasteiger partial charge in [-0.3, -0.25) is 4.79 Å². The molecule has 0 spiro atoms. The molecule has 3 N–H and O–H groups in total. The van der Waals surface area contributed by atoms with Crippen molar-refractivity contribution in [3.63, 3.8) is 0 Å². The fourth-order valence-corrected chi connectivity index (χ4v) is 2.36. The lowest BCUT2D eigenvalue weighted by molar-refractivity contribution is 0.0931. The summed E-state index contributed by atoms with van der Waals surface area (Å²) >= 11 is 11.6. The molecule has 0 atom stereocenters. The highest BCUT2D eigenvalue weighted by molar-refractivity contribution is 9.11. The summed E-state index contributed by atoms with van der Waals surface area (Å²) in [5.41, 5.74) is 5.39. The molecule has 0 aliphatic rings. The van der Waals surface area contributed by atoms with Gasteiger partial charge >= 0.3 is 0 Å². The first-order valence-corrected chi connectivity index (χ1v) is 6.81. The lowest BCUT2D eigenvalue weighted by Gasteiger charge is -2.25. The summed E-state index contributed by atoms with van der Waals surface area (Å²) in [4.78, 5) is 12.3. The molecule has 0 bridgehead atoms. The Morgan fingerprint density at radius 1 is 1.41 bits per heavy atom. The highest BCUT2D eigenvalue weighted by Crippen LogP contribution is 2.22. The van der Waals surface area contributed by atoms with Crippen LogP contribution in [0.5, 0.6) is 0 Å². The number of halogens is 2. The number of nitrogens with two attached hydrogens (primary N) is 1. The molecule has 1 aromatic rings. The highest BCUT2D eigenvalue weighted by Gasteiger charge is 2.24. The average molecular weight is 380 g/mol. The Bertz CT molecular complexity index is 475. The quantitative estimate of drug-likeness (QED) is 0.793. The van der Waals surface area contributed by atoms with Crippen LogP contribution in [0.1, 0.15) is 24.2 Å². The maximum absolute atomic E-state index is 12.0. The molecule has 0 unspecified atom stereocenters. The first kappa shape index (κ1) is 14.6. The standard InChI is InChI=1S/C11H12Br2N2OS/c1-11(2,10(14)17)15-9(16)7-4-3-6(12)5-8(7)13/h3-5H,1-2H3,(H2,14,17)(H,15,16). The van der Waals surface area contributed by atoms with Crippen molar-refractivity contribution in [1.82, 2.24) is 5.32 Å². The zero-order chi connectivity index (χ0) is 13.2. The molecule has 6 heteroatoms. The predicted octanol–water partition coefficient (Wildman–Crippen LogP) is 3.01. The minimum absolute atomic E-state index is 0.220. The van der Waals surface area contributed by atoms with Gasteiger partial charge in [-0.05, 0) is 48.0 Å². The molecule has 1 rings (SSSR count). The molecule has 0 radical (unpaired) electrons. The Hall–Kier alpha value is -0.460. The zero-order valence-electron chi connectivity index (χ0n) is 9.38. The largest absolute Gasteiger partial charge is 0.391 e. The second kappa shape index (κ2) is 5.46. The Kier molecular flexibility index (Phi) is 4.69. The topological polar surface area (TPSA) is 55.1 Å². The van der Waals surface area contributed by atoms with Gasteiger partial charge in [0.05, 0.1) is 16.1 Å². The van der Waals surface area contributed by atoms with E-state index in [0.717, 1.165) is 4.47 Å². The summed E-state index contributed by atoms with van der Waals surface area (Å²) in [6.45, 7) is 3.53. The molecule has 3 nitrogen and oxygen atoms in total. The summed E-state index contributed by atoms with van der Waals surface area (Å²) in [5.74, 6) is -0.220. The molecule has 92 valence electrons. The van der Waals surface area contributed by atoms with Gasteiger partial charge in [0.1, 0.15) is 0 Å². The van der Waals surface area contributed by atoms with Crippen LogP contribution in [0.15, 0.2) is 27.1 Å². The fraction of sp³-hybridized carbons (Fsp3) is 0.273. The Balaban J connectivity index is 2.95. The van der Waals surface area contributed by atoms with Gasteiger partial charge in [-0.25, -0.2) is 0 Å². The molecule has 0 saturated heterocycles. The van der Waals surface area contributed by atoms with Gasteiger partial charge in [0.2, 0.25) is 0 Å². The van der Waals surface area contributed by atoms with Gasteiger partial charge in [0.15, 0.2) is 0 Å². The maximum Gasteiger partial charge on any atom is 0.253 e. The lowest BCUT2D eigenvalue weighted by Crippen LogP contribution is -2.52. The number of rotatable bonds is 3. The van der Waals surface area contributed by atoms with Crippen LogP contribution in [0, 0.1) is 0 Å². The molecule has 17 heavy (non-hydrogen) atoms. The lowest BCUT2D eigenvalue weighted by atomic mass is 10.1. The minimum Gasteiger partial charge on any atom is -0.391 e. The van der Waals surface area contributed by atoms with Crippen molar-refractivity contribution in [3.8, 4) is 0 Å². The minimum atomic E-state index is -0.709. The van der Waals surface area contributed by atoms with Gasteiger partial charge < -0.3 is 11.1 Å². The van der Waals surface area contributed by atoms with Gasteiger partial charge in [-0.2, -0.15) is 0 Å². The van der Waals surface area contributed by atoms with E-state index in [2.05, 4.69) is 37.2 Å². The Morgan fingerprint density at radius 2 is 2.00 bits per heavy atom. The molecule has 0 aromatic heterocycles. The number of hydrogen-bond donors (Lipinski definition) is 2. The summed E-state index contributed by atoms with van der Waals surface area (Å²) in [5, 5.41) is 2.78. The average Bonchev–Trinajstić information content (AvgIpc) is 2.15. The van der Waals surface area contributed by atoms with Crippen LogP contribution in [0.3, 0.4) is 0 Å². The van der Waals surface area contributed by atoms with Gasteiger partial charge in [0, 0.05) is 8.95 Å². The molecule has 0 heterocycles. The van der Waals surface area contributed by atoms with E-state index in [9.17, 15) is 4.79 Å². The maximum atomic E-state index is 12.0. The van der Waals surface area contributed by atoms with Crippen LogP contribution in [0.2, 0.25) is 0 Å². The van der Waals surface area contributed by atoms with Crippen LogP contribution in [0.4, 0.5) is 0 Å². The van der Waals surface area contributed by atoms with Crippen LogP contribution in [-0.2, 0) is 0 Å². The number of carbonyl (C=O) groups excluding carboxylic acids is 1. The Labute approximate surface area is 122 Å². The second-order valence-electron chi connectivity index (χ2n) is 4.07. The van der Waals surface area contributed by atoms with Crippen molar-refractivity contribution in [1.29, 1.82) is 0 Å². The normalized spacial score (nSPS) is 11.1. The first-order chi connectivity index (χ1) is 7.74. The molecular formula is C11H12Br2N2OS. The second-order valence-corrected chi connectivity index (χ2v) is 6.28. The van der Waals surface area contributed by atoms with E-state index in [4.69, 9.17) is 18.0 Å². The van der Waals surface area contributed by atoms with E-state index < -0.39 is 5.54 Å². The van der Waals surface area contributed by atoms with Crippen molar-refractivity contribution in [2.24, 2.45) is 5.73 Å². The van der Waals surface area contributed by atoms with E-state index in [1.54, 1.807) is 26.0 Å². The Morgan fingerprint density at radius 3 is 2.47 bits per heavy atom. The van der Waals surface area contributed by atoms with Crippen molar-refractivity contribution in [2.75, 3.05) is 0 Å². The smallest absolute Gasteiger partial charge is 0.253 e. The molecule has 0 aliphatic carbocycles. The monoisotopic (exact) mass is 378 g/mol. The molecular weight excluding hydrogens is 368 g/mol. The predicted molar refractivity (Wildman–Crippen MR) is 80.2 cm³/mol. The van der Waals surface area contributed by atoms with Crippen molar-refractivity contribution < 1.29 is 4.79 Å². The number of carbonyl (C=O) groups is 1.